The van der Waals surface area contributed by atoms with E-state index < -0.39 is 30.7 Å². The van der Waals surface area contributed by atoms with Gasteiger partial charge in [0, 0.05) is 0 Å². The number of aliphatic hydroxyl groups excluding tert-OH is 4. The van der Waals surface area contributed by atoms with Gasteiger partial charge in [0.2, 0.25) is 0 Å². The van der Waals surface area contributed by atoms with E-state index in [0.717, 1.165) is 0 Å². The fraction of sp³-hybridized carbons (Fsp3) is 1.00. The van der Waals surface area contributed by atoms with Crippen LogP contribution in [0.2, 0.25) is 0 Å². The van der Waals surface area contributed by atoms with E-state index in [1.165, 1.54) is 6.92 Å². The molecule has 1 unspecified atom stereocenters. The summed E-state index contributed by atoms with van der Waals surface area (Å²) in [6.45, 7) is 1.50. The molecule has 0 spiro atoms. The van der Waals surface area contributed by atoms with Gasteiger partial charge in [-0.25, -0.2) is 0 Å². The van der Waals surface area contributed by atoms with E-state index in [9.17, 15) is 0 Å². The van der Waals surface area contributed by atoms with Crippen molar-refractivity contribution >= 4 is 0 Å². The molecule has 1 saturated heterocycles. The van der Waals surface area contributed by atoms with Crippen molar-refractivity contribution in [2.75, 3.05) is 0 Å². The first kappa shape index (κ1) is 8.89. The second-order valence-corrected chi connectivity index (χ2v) is 2.70. The van der Waals surface area contributed by atoms with Gasteiger partial charge in [-0.1, -0.05) is 0 Å². The summed E-state index contributed by atoms with van der Waals surface area (Å²) in [5.74, 6) is 0. The van der Waals surface area contributed by atoms with Crippen molar-refractivity contribution in [2.45, 2.75) is 37.6 Å². The van der Waals surface area contributed by atoms with Gasteiger partial charge in [-0.15, -0.1) is 0 Å². The molecule has 0 bridgehead atoms. The molecular weight excluding hydrogens is 152 g/mol. The molecular formula is C6H12O5. The highest BCUT2D eigenvalue weighted by Crippen LogP contribution is 2.18. The Morgan fingerprint density at radius 1 is 0.909 bits per heavy atom. The van der Waals surface area contributed by atoms with Gasteiger partial charge in [0.15, 0.2) is 6.29 Å². The van der Waals surface area contributed by atoms with E-state index in [2.05, 4.69) is 4.74 Å². The highest BCUT2D eigenvalue weighted by atomic mass is 16.6. The van der Waals surface area contributed by atoms with Gasteiger partial charge < -0.3 is 25.2 Å². The third-order valence-corrected chi connectivity index (χ3v) is 1.83. The van der Waals surface area contributed by atoms with E-state index in [4.69, 9.17) is 20.4 Å². The quantitative estimate of drug-likeness (QED) is 0.326. The fourth-order valence-electron chi connectivity index (χ4n) is 1.03. The molecule has 0 saturated carbocycles. The Labute approximate surface area is 63.8 Å². The maximum atomic E-state index is 9.09. The molecule has 0 aromatic rings. The second-order valence-electron chi connectivity index (χ2n) is 2.70. The van der Waals surface area contributed by atoms with Crippen LogP contribution in [0.4, 0.5) is 0 Å². The van der Waals surface area contributed by atoms with Crippen LogP contribution < -0.4 is 0 Å². The summed E-state index contributed by atoms with van der Waals surface area (Å²) in [6.07, 6.45) is -5.99. The maximum Gasteiger partial charge on any atom is 0.183 e. The van der Waals surface area contributed by atoms with Crippen LogP contribution in [0.3, 0.4) is 0 Å². The molecule has 5 atom stereocenters. The van der Waals surface area contributed by atoms with E-state index in [-0.39, 0.29) is 0 Å². The molecule has 1 rings (SSSR count). The molecule has 1 fully saturated rings. The number of ether oxygens (including phenoxy) is 1. The lowest BCUT2D eigenvalue weighted by molar-refractivity contribution is -0.277. The molecule has 11 heavy (non-hydrogen) atoms. The van der Waals surface area contributed by atoms with Crippen LogP contribution in [0.1, 0.15) is 6.92 Å². The molecule has 5 heteroatoms. The van der Waals surface area contributed by atoms with Crippen molar-refractivity contribution in [3.05, 3.63) is 0 Å². The Balaban J connectivity index is 2.63. The smallest absolute Gasteiger partial charge is 0.183 e. The number of hydrogen-bond donors (Lipinski definition) is 4. The first-order chi connectivity index (χ1) is 5.04. The summed E-state index contributed by atoms with van der Waals surface area (Å²) in [6, 6.07) is 0. The average molecular weight is 164 g/mol. The highest BCUT2D eigenvalue weighted by molar-refractivity contribution is 4.86. The molecule has 0 aromatic carbocycles. The molecule has 1 heterocycles. The molecule has 5 nitrogen and oxygen atoms in total. The van der Waals surface area contributed by atoms with Crippen molar-refractivity contribution in [3.63, 3.8) is 0 Å². The monoisotopic (exact) mass is 164 g/mol. The van der Waals surface area contributed by atoms with Crippen LogP contribution in [-0.2, 0) is 4.74 Å². The molecule has 0 amide bonds. The fourth-order valence-corrected chi connectivity index (χ4v) is 1.03. The van der Waals surface area contributed by atoms with Crippen LogP contribution >= 0.6 is 0 Å². The lowest BCUT2D eigenvalue weighted by Crippen LogP contribution is -2.56. The van der Waals surface area contributed by atoms with E-state index in [0.29, 0.717) is 0 Å². The van der Waals surface area contributed by atoms with Gasteiger partial charge in [0.05, 0.1) is 6.10 Å². The van der Waals surface area contributed by atoms with Crippen molar-refractivity contribution in [1.29, 1.82) is 0 Å². The molecule has 0 aromatic heterocycles. The predicted octanol–water partition coefficient (Wildman–Crippen LogP) is -2.19. The standard InChI is InChI=1S/C6H12O5/c1-2-3(7)4(8)5(9)6(10)11-2/h2-10H,1H3/t2-,3-,4+,5-,6?/m1/s1. The molecule has 1 aliphatic rings. The van der Waals surface area contributed by atoms with Gasteiger partial charge in [0.1, 0.15) is 18.3 Å². The number of rotatable bonds is 0. The van der Waals surface area contributed by atoms with E-state index in [1.807, 2.05) is 0 Å². The summed E-state index contributed by atoms with van der Waals surface area (Å²) in [5.41, 5.74) is 0. The topological polar surface area (TPSA) is 90.2 Å². The third-order valence-electron chi connectivity index (χ3n) is 1.83. The van der Waals surface area contributed by atoms with Crippen molar-refractivity contribution in [1.82, 2.24) is 0 Å². The Morgan fingerprint density at radius 3 is 2.00 bits per heavy atom. The molecule has 66 valence electrons. The summed E-state index contributed by atoms with van der Waals surface area (Å²) in [7, 11) is 0. The normalized spacial score (nSPS) is 52.6. The van der Waals surface area contributed by atoms with Crippen LogP contribution in [0.25, 0.3) is 0 Å². The Hall–Kier alpha value is -0.200. The van der Waals surface area contributed by atoms with Crippen molar-refractivity contribution < 1.29 is 25.2 Å². The zero-order valence-corrected chi connectivity index (χ0v) is 6.08. The lowest BCUT2D eigenvalue weighted by atomic mass is 10.0. The van der Waals surface area contributed by atoms with Gasteiger partial charge in [0.25, 0.3) is 0 Å². The summed E-state index contributed by atoms with van der Waals surface area (Å²) in [5, 5.41) is 36.0. The molecule has 0 radical (unpaired) electrons. The van der Waals surface area contributed by atoms with Gasteiger partial charge >= 0.3 is 0 Å². The zero-order chi connectivity index (χ0) is 8.59. The van der Waals surface area contributed by atoms with Gasteiger partial charge in [-0.05, 0) is 6.92 Å². The first-order valence-corrected chi connectivity index (χ1v) is 3.41. The van der Waals surface area contributed by atoms with Crippen LogP contribution in [0.15, 0.2) is 0 Å². The predicted molar refractivity (Wildman–Crippen MR) is 34.6 cm³/mol. The molecule has 1 aliphatic heterocycles. The van der Waals surface area contributed by atoms with E-state index >= 15 is 0 Å². The largest absolute Gasteiger partial charge is 0.388 e. The lowest BCUT2D eigenvalue weighted by Gasteiger charge is -2.36. The summed E-state index contributed by atoms with van der Waals surface area (Å²) in [4.78, 5) is 0. The summed E-state index contributed by atoms with van der Waals surface area (Å²) < 4.78 is 4.68. The van der Waals surface area contributed by atoms with Crippen molar-refractivity contribution in [2.24, 2.45) is 0 Å². The van der Waals surface area contributed by atoms with Gasteiger partial charge in [-0.3, -0.25) is 0 Å². The zero-order valence-electron chi connectivity index (χ0n) is 6.08. The van der Waals surface area contributed by atoms with Crippen LogP contribution in [-0.4, -0.2) is 51.1 Å². The van der Waals surface area contributed by atoms with E-state index in [1.54, 1.807) is 0 Å². The third kappa shape index (κ3) is 1.52. The minimum absolute atomic E-state index is 0.664. The average Bonchev–Trinajstić information content (AvgIpc) is 1.97. The maximum absolute atomic E-state index is 9.09. The minimum atomic E-state index is -1.43. The van der Waals surface area contributed by atoms with Gasteiger partial charge in [-0.2, -0.15) is 0 Å². The van der Waals surface area contributed by atoms with Crippen LogP contribution in [0, 0.1) is 0 Å². The number of aliphatic hydroxyl groups is 4. The van der Waals surface area contributed by atoms with Crippen LogP contribution in [0.5, 0.6) is 0 Å². The Bertz CT molecular complexity index is 125. The molecule has 0 aliphatic carbocycles. The Kier molecular flexibility index (Phi) is 2.46. The number of hydrogen-bond acceptors (Lipinski definition) is 5. The minimum Gasteiger partial charge on any atom is -0.388 e. The second kappa shape index (κ2) is 3.04. The SMILES string of the molecule is C[C@H]1OC(O)[C@H](O)[C@@H](O)[C@@H]1O. The molecule has 4 N–H and O–H groups in total. The Morgan fingerprint density at radius 2 is 1.45 bits per heavy atom. The highest BCUT2D eigenvalue weighted by Gasteiger charge is 2.40. The first-order valence-electron chi connectivity index (χ1n) is 3.41. The van der Waals surface area contributed by atoms with Crippen molar-refractivity contribution in [3.8, 4) is 0 Å². The summed E-state index contributed by atoms with van der Waals surface area (Å²) >= 11 is 0.